The van der Waals surface area contributed by atoms with Gasteiger partial charge in [0.15, 0.2) is 5.71 Å². The Kier molecular flexibility index (Phi) is 9.58. The highest BCUT2D eigenvalue weighted by molar-refractivity contribution is 8.07. The average Bonchev–Trinajstić information content (AvgIpc) is 2.41. The summed E-state index contributed by atoms with van der Waals surface area (Å²) in [6.45, 7) is 1.38. The first-order chi connectivity index (χ1) is 9.15. The molecular weight excluding hydrogens is 314 g/mol. The lowest BCUT2D eigenvalue weighted by atomic mass is 10.1. The third-order valence-corrected chi connectivity index (χ3v) is 4.22. The molecule has 1 atom stereocenters. The SMILES string of the molecule is CCOP(=S)(OCC)O/N=C(/C#N)c1ccccc1.P. The Hall–Kier alpha value is -0.820. The van der Waals surface area contributed by atoms with Crippen molar-refractivity contribution in [2.24, 2.45) is 5.16 Å². The Bertz CT molecular complexity index is 507. The molecule has 1 rings (SSSR count). The highest BCUT2D eigenvalue weighted by Crippen LogP contribution is 2.50. The minimum Gasteiger partial charge on any atom is -0.312 e. The molecule has 0 radical (unpaired) electrons. The first kappa shape index (κ1) is 19.2. The molecule has 0 heterocycles. The van der Waals surface area contributed by atoms with Gasteiger partial charge in [0, 0.05) is 17.4 Å². The van der Waals surface area contributed by atoms with Crippen LogP contribution < -0.4 is 0 Å². The van der Waals surface area contributed by atoms with E-state index in [4.69, 9.17) is 30.7 Å². The largest absolute Gasteiger partial charge is 0.402 e. The van der Waals surface area contributed by atoms with Crippen molar-refractivity contribution < 1.29 is 13.7 Å². The summed E-state index contributed by atoms with van der Waals surface area (Å²) in [5.41, 5.74) is 0.786. The van der Waals surface area contributed by atoms with Crippen LogP contribution >= 0.6 is 16.6 Å². The molecule has 1 aromatic carbocycles. The van der Waals surface area contributed by atoms with Crippen LogP contribution in [0.2, 0.25) is 0 Å². The van der Waals surface area contributed by atoms with E-state index < -0.39 is 6.72 Å². The second-order valence-electron chi connectivity index (χ2n) is 3.28. The van der Waals surface area contributed by atoms with E-state index in [2.05, 4.69) is 5.16 Å². The predicted octanol–water partition coefficient (Wildman–Crippen LogP) is 3.29. The van der Waals surface area contributed by atoms with Crippen LogP contribution in [0.25, 0.3) is 0 Å². The Labute approximate surface area is 127 Å². The van der Waals surface area contributed by atoms with E-state index in [0.717, 1.165) is 0 Å². The summed E-state index contributed by atoms with van der Waals surface area (Å²) in [4.78, 5) is 0. The van der Waals surface area contributed by atoms with E-state index in [1.54, 1.807) is 26.0 Å². The summed E-state index contributed by atoms with van der Waals surface area (Å²) in [6.07, 6.45) is 0. The topological polar surface area (TPSA) is 63.8 Å². The van der Waals surface area contributed by atoms with Gasteiger partial charge in [-0.1, -0.05) is 35.5 Å². The standard InChI is InChI=1S/C12H15N2O3PS.H3P/c1-3-15-18(19,16-4-2)17-14-12(10-13)11-8-6-5-7-9-11;/h5-9H,3-4H2,1-2H3;1H3/b14-12-;. The van der Waals surface area contributed by atoms with Crippen molar-refractivity contribution in [3.8, 4) is 6.07 Å². The van der Waals surface area contributed by atoms with Crippen molar-refractivity contribution in [2.75, 3.05) is 13.2 Å². The maximum Gasteiger partial charge on any atom is 0.402 e. The van der Waals surface area contributed by atoms with Crippen molar-refractivity contribution >= 4 is 34.1 Å². The number of hydrogen-bond acceptors (Lipinski definition) is 6. The van der Waals surface area contributed by atoms with Crippen molar-refractivity contribution in [3.63, 3.8) is 0 Å². The van der Waals surface area contributed by atoms with E-state index in [0.29, 0.717) is 18.8 Å². The molecule has 0 N–H and O–H groups in total. The van der Waals surface area contributed by atoms with Crippen LogP contribution in [-0.4, -0.2) is 18.9 Å². The highest BCUT2D eigenvalue weighted by atomic mass is 32.5. The van der Waals surface area contributed by atoms with Crippen LogP contribution in [0.15, 0.2) is 35.5 Å². The van der Waals surface area contributed by atoms with Crippen molar-refractivity contribution in [2.45, 2.75) is 13.8 Å². The molecule has 1 unspecified atom stereocenters. The fraction of sp³-hybridized carbons (Fsp3) is 0.333. The van der Waals surface area contributed by atoms with E-state index in [1.165, 1.54) is 0 Å². The molecule has 1 aromatic rings. The number of hydrogen-bond donors (Lipinski definition) is 0. The second-order valence-corrected chi connectivity index (χ2v) is 6.20. The molecule has 20 heavy (non-hydrogen) atoms. The van der Waals surface area contributed by atoms with E-state index in [1.807, 2.05) is 24.3 Å². The molecule has 8 heteroatoms. The van der Waals surface area contributed by atoms with Gasteiger partial charge in [0.25, 0.3) is 0 Å². The van der Waals surface area contributed by atoms with Crippen LogP contribution in [0.3, 0.4) is 0 Å². The summed E-state index contributed by atoms with van der Waals surface area (Å²) in [5.74, 6) is 0. The van der Waals surface area contributed by atoms with Crippen LogP contribution in [0, 0.1) is 11.3 Å². The second kappa shape index (κ2) is 9.99. The quantitative estimate of drug-likeness (QED) is 0.435. The molecular formula is C12H18N2O3P2S. The smallest absolute Gasteiger partial charge is 0.312 e. The Morgan fingerprint density at radius 1 is 1.25 bits per heavy atom. The van der Waals surface area contributed by atoms with Gasteiger partial charge in [0.2, 0.25) is 0 Å². The van der Waals surface area contributed by atoms with Gasteiger partial charge < -0.3 is 4.62 Å². The van der Waals surface area contributed by atoms with Crippen molar-refractivity contribution in [1.29, 1.82) is 5.26 Å². The molecule has 0 saturated heterocycles. The molecule has 0 bridgehead atoms. The van der Waals surface area contributed by atoms with Gasteiger partial charge in [0.1, 0.15) is 6.07 Å². The van der Waals surface area contributed by atoms with Gasteiger partial charge in [-0.05, 0) is 13.8 Å². The van der Waals surface area contributed by atoms with E-state index >= 15 is 0 Å². The summed E-state index contributed by atoms with van der Waals surface area (Å²) >= 11 is 5.14. The number of nitrogens with zero attached hydrogens (tertiary/aromatic N) is 2. The maximum atomic E-state index is 9.07. The minimum absolute atomic E-state index is 0. The Morgan fingerprint density at radius 3 is 2.25 bits per heavy atom. The zero-order valence-electron chi connectivity index (χ0n) is 11.5. The predicted molar refractivity (Wildman–Crippen MR) is 88.3 cm³/mol. The monoisotopic (exact) mass is 332 g/mol. The molecule has 0 amide bonds. The first-order valence-electron chi connectivity index (χ1n) is 5.76. The first-order valence-corrected chi connectivity index (χ1v) is 8.32. The maximum absolute atomic E-state index is 9.07. The lowest BCUT2D eigenvalue weighted by Crippen LogP contribution is -2.01. The van der Waals surface area contributed by atoms with Gasteiger partial charge in [-0.2, -0.15) is 15.2 Å². The van der Waals surface area contributed by atoms with E-state index in [9.17, 15) is 0 Å². The van der Waals surface area contributed by atoms with Gasteiger partial charge in [-0.15, -0.1) is 0 Å². The minimum atomic E-state index is -2.91. The summed E-state index contributed by atoms with van der Waals surface area (Å²) in [5, 5.41) is 12.8. The average molecular weight is 332 g/mol. The highest BCUT2D eigenvalue weighted by Gasteiger charge is 2.21. The molecule has 0 aliphatic heterocycles. The molecule has 0 aliphatic rings. The van der Waals surface area contributed by atoms with Gasteiger partial charge >= 0.3 is 6.72 Å². The Morgan fingerprint density at radius 2 is 1.80 bits per heavy atom. The van der Waals surface area contributed by atoms with Crippen LogP contribution in [0.4, 0.5) is 0 Å². The fourth-order valence-corrected chi connectivity index (χ4v) is 2.94. The van der Waals surface area contributed by atoms with Crippen molar-refractivity contribution in [3.05, 3.63) is 35.9 Å². The fourth-order valence-electron chi connectivity index (χ4n) is 1.23. The third kappa shape index (κ3) is 6.09. The number of nitriles is 1. The van der Waals surface area contributed by atoms with Gasteiger partial charge in [-0.3, -0.25) is 9.05 Å². The molecule has 0 spiro atoms. The van der Waals surface area contributed by atoms with Crippen LogP contribution in [-0.2, 0) is 25.5 Å². The lowest BCUT2D eigenvalue weighted by Gasteiger charge is -2.17. The summed E-state index contributed by atoms with van der Waals surface area (Å²) in [7, 11) is 0. The molecule has 0 aliphatic carbocycles. The molecule has 0 aromatic heterocycles. The zero-order chi connectivity index (χ0) is 14.1. The normalized spacial score (nSPS) is 11.3. The van der Waals surface area contributed by atoms with Gasteiger partial charge in [-0.25, -0.2) is 0 Å². The number of benzene rings is 1. The van der Waals surface area contributed by atoms with Gasteiger partial charge in [0.05, 0.1) is 13.2 Å². The van der Waals surface area contributed by atoms with Crippen LogP contribution in [0.5, 0.6) is 0 Å². The third-order valence-electron chi connectivity index (χ3n) is 1.96. The lowest BCUT2D eigenvalue weighted by molar-refractivity contribution is 0.172. The summed E-state index contributed by atoms with van der Waals surface area (Å²) in [6, 6.07) is 10.9. The Balaban J connectivity index is 0.00000361. The number of rotatable bonds is 7. The van der Waals surface area contributed by atoms with E-state index in [-0.39, 0.29) is 15.6 Å². The summed E-state index contributed by atoms with van der Waals surface area (Å²) < 4.78 is 15.7. The molecule has 0 saturated carbocycles. The molecule has 0 fully saturated rings. The van der Waals surface area contributed by atoms with Crippen LogP contribution in [0.1, 0.15) is 19.4 Å². The molecule has 5 nitrogen and oxygen atoms in total. The zero-order valence-corrected chi connectivity index (χ0v) is 14.6. The van der Waals surface area contributed by atoms with Crippen molar-refractivity contribution in [1.82, 2.24) is 0 Å². The number of oxime groups is 1. The molecule has 110 valence electrons.